The van der Waals surface area contributed by atoms with E-state index in [9.17, 15) is 4.79 Å². The van der Waals surface area contributed by atoms with Gasteiger partial charge in [0.15, 0.2) is 0 Å². The molecule has 1 aromatic rings. The second-order valence-corrected chi connectivity index (χ2v) is 4.62. The van der Waals surface area contributed by atoms with Crippen LogP contribution in [0.2, 0.25) is 0 Å². The molecular weight excluding hydrogens is 172 g/mol. The summed E-state index contributed by atoms with van der Waals surface area (Å²) in [7, 11) is 0. The van der Waals surface area contributed by atoms with Crippen molar-refractivity contribution < 1.29 is 4.79 Å². The molecule has 1 heteroatoms. The van der Waals surface area contributed by atoms with Crippen molar-refractivity contribution in [1.82, 2.24) is 0 Å². The molecule has 0 radical (unpaired) electrons. The van der Waals surface area contributed by atoms with E-state index in [1.807, 2.05) is 0 Å². The molecule has 3 atom stereocenters. The zero-order chi connectivity index (χ0) is 9.54. The molecule has 72 valence electrons. The van der Waals surface area contributed by atoms with Gasteiger partial charge in [-0.3, -0.25) is 4.79 Å². The molecule has 0 spiro atoms. The normalized spacial score (nSPS) is 35.1. The van der Waals surface area contributed by atoms with Crippen molar-refractivity contribution in [2.75, 3.05) is 0 Å². The van der Waals surface area contributed by atoms with Crippen LogP contribution in [-0.4, -0.2) is 5.78 Å². The summed E-state index contributed by atoms with van der Waals surface area (Å²) in [5, 5.41) is 0. The second-order valence-electron chi connectivity index (χ2n) is 4.62. The van der Waals surface area contributed by atoms with Crippen LogP contribution in [0.15, 0.2) is 30.3 Å². The van der Waals surface area contributed by atoms with Crippen molar-refractivity contribution in [2.45, 2.75) is 25.2 Å². The highest BCUT2D eigenvalue weighted by Crippen LogP contribution is 2.50. The third-order valence-electron chi connectivity index (χ3n) is 3.84. The first-order chi connectivity index (χ1) is 6.84. The minimum atomic E-state index is 0.394. The predicted octanol–water partition coefficient (Wildman–Crippen LogP) is 2.77. The average Bonchev–Trinajstić information content (AvgIpc) is 2.77. The number of rotatable bonds is 1. The summed E-state index contributed by atoms with van der Waals surface area (Å²) in [4.78, 5) is 11.4. The summed E-state index contributed by atoms with van der Waals surface area (Å²) in [5.74, 6) is 2.22. The molecule has 2 aliphatic carbocycles. The number of fused-ring (bicyclic) bond motifs is 2. The maximum Gasteiger partial charge on any atom is 0.136 e. The summed E-state index contributed by atoms with van der Waals surface area (Å²) >= 11 is 0. The van der Waals surface area contributed by atoms with E-state index in [2.05, 4.69) is 30.3 Å². The molecule has 3 rings (SSSR count). The Bertz CT molecular complexity index is 355. The third-order valence-corrected chi connectivity index (χ3v) is 3.84. The van der Waals surface area contributed by atoms with Crippen molar-refractivity contribution in [2.24, 2.45) is 11.8 Å². The Labute approximate surface area is 84.1 Å². The Hall–Kier alpha value is -1.11. The smallest absolute Gasteiger partial charge is 0.136 e. The summed E-state index contributed by atoms with van der Waals surface area (Å²) in [6.07, 6.45) is 3.09. The maximum atomic E-state index is 11.4. The van der Waals surface area contributed by atoms with Crippen LogP contribution >= 0.6 is 0 Å². The fraction of sp³-hybridized carbons (Fsp3) is 0.462. The van der Waals surface area contributed by atoms with Crippen molar-refractivity contribution in [3.05, 3.63) is 35.9 Å². The van der Waals surface area contributed by atoms with Gasteiger partial charge in [-0.25, -0.2) is 0 Å². The third kappa shape index (κ3) is 1.12. The highest BCUT2D eigenvalue weighted by Gasteiger charge is 2.45. The summed E-state index contributed by atoms with van der Waals surface area (Å²) in [6, 6.07) is 10.7. The van der Waals surface area contributed by atoms with Crippen LogP contribution in [0.1, 0.15) is 30.7 Å². The maximum absolute atomic E-state index is 11.4. The lowest BCUT2D eigenvalue weighted by Gasteiger charge is -2.21. The number of hydrogen-bond donors (Lipinski definition) is 0. The van der Waals surface area contributed by atoms with E-state index in [0.717, 1.165) is 19.3 Å². The van der Waals surface area contributed by atoms with Gasteiger partial charge in [0.1, 0.15) is 5.78 Å². The van der Waals surface area contributed by atoms with Crippen molar-refractivity contribution >= 4 is 5.78 Å². The summed E-state index contributed by atoms with van der Waals surface area (Å²) < 4.78 is 0. The SMILES string of the molecule is O=C1C[C@H]2C[C@@H]1C[C@H]2c1ccccc1. The minimum Gasteiger partial charge on any atom is -0.299 e. The zero-order valence-electron chi connectivity index (χ0n) is 8.15. The van der Waals surface area contributed by atoms with Crippen LogP contribution in [0.4, 0.5) is 0 Å². The molecule has 0 aromatic heterocycles. The number of carbonyl (C=O) groups is 1. The minimum absolute atomic E-state index is 0.394. The number of Topliss-reactive ketones (excluding diaryl/α,β-unsaturated/α-hetero) is 1. The van der Waals surface area contributed by atoms with E-state index in [-0.39, 0.29) is 0 Å². The molecule has 1 aromatic carbocycles. The summed E-state index contributed by atoms with van der Waals surface area (Å²) in [6.45, 7) is 0. The lowest BCUT2D eigenvalue weighted by atomic mass is 9.83. The summed E-state index contributed by atoms with van der Waals surface area (Å²) in [5.41, 5.74) is 1.44. The van der Waals surface area contributed by atoms with E-state index in [4.69, 9.17) is 0 Å². The van der Waals surface area contributed by atoms with Gasteiger partial charge in [0, 0.05) is 12.3 Å². The molecule has 1 nitrogen and oxygen atoms in total. The van der Waals surface area contributed by atoms with Gasteiger partial charge in [-0.05, 0) is 30.2 Å². The largest absolute Gasteiger partial charge is 0.299 e. The van der Waals surface area contributed by atoms with Gasteiger partial charge >= 0.3 is 0 Å². The number of benzene rings is 1. The second kappa shape index (κ2) is 2.94. The monoisotopic (exact) mass is 186 g/mol. The highest BCUT2D eigenvalue weighted by molar-refractivity contribution is 5.84. The average molecular weight is 186 g/mol. The first-order valence-electron chi connectivity index (χ1n) is 5.42. The fourth-order valence-corrected chi connectivity index (χ4v) is 3.15. The topological polar surface area (TPSA) is 17.1 Å². The van der Waals surface area contributed by atoms with Gasteiger partial charge in [0.05, 0.1) is 0 Å². The number of carbonyl (C=O) groups excluding carboxylic acids is 1. The van der Waals surface area contributed by atoms with Crippen molar-refractivity contribution in [1.29, 1.82) is 0 Å². The van der Waals surface area contributed by atoms with Gasteiger partial charge < -0.3 is 0 Å². The Kier molecular flexibility index (Phi) is 1.73. The van der Waals surface area contributed by atoms with Crippen molar-refractivity contribution in [3.63, 3.8) is 0 Å². The van der Waals surface area contributed by atoms with E-state index in [0.29, 0.717) is 23.5 Å². The quantitative estimate of drug-likeness (QED) is 0.659. The lowest BCUT2D eigenvalue weighted by molar-refractivity contribution is -0.121. The van der Waals surface area contributed by atoms with Gasteiger partial charge in [-0.1, -0.05) is 30.3 Å². The predicted molar refractivity (Wildman–Crippen MR) is 55.0 cm³/mol. The van der Waals surface area contributed by atoms with E-state index in [1.165, 1.54) is 5.56 Å². The first-order valence-corrected chi connectivity index (χ1v) is 5.42. The van der Waals surface area contributed by atoms with Gasteiger partial charge in [-0.15, -0.1) is 0 Å². The van der Waals surface area contributed by atoms with E-state index >= 15 is 0 Å². The van der Waals surface area contributed by atoms with E-state index in [1.54, 1.807) is 0 Å². The Morgan fingerprint density at radius 2 is 1.86 bits per heavy atom. The van der Waals surface area contributed by atoms with Crippen LogP contribution < -0.4 is 0 Å². The first kappa shape index (κ1) is 8.22. The van der Waals surface area contributed by atoms with Gasteiger partial charge in [0.2, 0.25) is 0 Å². The lowest BCUT2D eigenvalue weighted by Crippen LogP contribution is -2.15. The van der Waals surface area contributed by atoms with Crippen molar-refractivity contribution in [3.8, 4) is 0 Å². The van der Waals surface area contributed by atoms with Crippen LogP contribution in [0.25, 0.3) is 0 Å². The van der Waals surface area contributed by atoms with Crippen LogP contribution in [0.3, 0.4) is 0 Å². The molecule has 2 fully saturated rings. The Morgan fingerprint density at radius 3 is 2.43 bits per heavy atom. The van der Waals surface area contributed by atoms with Crippen LogP contribution in [0, 0.1) is 11.8 Å². The molecule has 0 aliphatic heterocycles. The molecule has 0 heterocycles. The molecule has 0 unspecified atom stereocenters. The molecule has 2 bridgehead atoms. The molecule has 0 saturated heterocycles. The molecule has 14 heavy (non-hydrogen) atoms. The Balaban J connectivity index is 1.87. The van der Waals surface area contributed by atoms with Crippen LogP contribution in [0.5, 0.6) is 0 Å². The molecule has 2 saturated carbocycles. The zero-order valence-corrected chi connectivity index (χ0v) is 8.15. The number of hydrogen-bond acceptors (Lipinski definition) is 1. The van der Waals surface area contributed by atoms with E-state index < -0.39 is 0 Å². The molecule has 0 amide bonds. The molecule has 0 N–H and O–H groups in total. The number of ketones is 1. The molecule has 2 aliphatic rings. The fourth-order valence-electron chi connectivity index (χ4n) is 3.15. The standard InChI is InChI=1S/C13H14O/c14-13-8-10-6-11(13)7-12(10)9-4-2-1-3-5-9/h1-5,10-12H,6-8H2/t10-,11-,12+/m1/s1. The van der Waals surface area contributed by atoms with Crippen LogP contribution in [-0.2, 0) is 4.79 Å². The molecular formula is C13H14O. The highest BCUT2D eigenvalue weighted by atomic mass is 16.1. The van der Waals surface area contributed by atoms with Gasteiger partial charge in [0.25, 0.3) is 0 Å². The Morgan fingerprint density at radius 1 is 1.07 bits per heavy atom. The van der Waals surface area contributed by atoms with Gasteiger partial charge in [-0.2, -0.15) is 0 Å².